The standard InChI is InChI=1S/C18H19N3O5S.ClH/c1-10(22)16(19)18(24)21-27(25,26)14-4-2-3-11(8-14)12-5-6-15-13(7-12)9-20-17(15)23;/h2-8,10,16,22H,9,19H2,1H3,(H,20,23)(H,21,24);1H/t10-,16+;/m1./s1. The SMILES string of the molecule is C[C@@H](O)[C@H](N)C(=O)NS(=O)(=O)c1cccc(-c2ccc3c(c2)CNC3=O)c1.Cl. The maximum Gasteiger partial charge on any atom is 0.264 e. The van der Waals surface area contributed by atoms with E-state index in [1.165, 1.54) is 19.1 Å². The number of rotatable bonds is 5. The molecule has 1 aliphatic heterocycles. The van der Waals surface area contributed by atoms with Crippen molar-refractivity contribution in [3.63, 3.8) is 0 Å². The van der Waals surface area contributed by atoms with Crippen LogP contribution in [0, 0.1) is 0 Å². The Kier molecular flexibility index (Phi) is 6.45. The lowest BCUT2D eigenvalue weighted by molar-refractivity contribution is -0.122. The van der Waals surface area contributed by atoms with Crippen molar-refractivity contribution in [3.8, 4) is 11.1 Å². The molecule has 0 radical (unpaired) electrons. The van der Waals surface area contributed by atoms with Gasteiger partial charge in [0.1, 0.15) is 6.04 Å². The summed E-state index contributed by atoms with van der Waals surface area (Å²) in [5.41, 5.74) is 8.27. The molecule has 0 saturated carbocycles. The molecule has 150 valence electrons. The molecular weight excluding hydrogens is 406 g/mol. The molecule has 0 bridgehead atoms. The van der Waals surface area contributed by atoms with Crippen molar-refractivity contribution in [2.75, 3.05) is 0 Å². The first-order valence-electron chi connectivity index (χ1n) is 8.21. The first-order valence-corrected chi connectivity index (χ1v) is 9.69. The summed E-state index contributed by atoms with van der Waals surface area (Å²) in [7, 11) is -4.15. The van der Waals surface area contributed by atoms with Crippen LogP contribution in [0.4, 0.5) is 0 Å². The fourth-order valence-electron chi connectivity index (χ4n) is 2.73. The minimum Gasteiger partial charge on any atom is -0.391 e. The molecule has 8 nitrogen and oxygen atoms in total. The van der Waals surface area contributed by atoms with Crippen molar-refractivity contribution in [3.05, 3.63) is 53.6 Å². The van der Waals surface area contributed by atoms with Gasteiger partial charge in [0, 0.05) is 12.1 Å². The molecule has 0 aromatic heterocycles. The molecule has 0 spiro atoms. The average molecular weight is 426 g/mol. The zero-order chi connectivity index (χ0) is 19.8. The fraction of sp³-hybridized carbons (Fsp3) is 0.222. The topological polar surface area (TPSA) is 139 Å². The number of carbonyl (C=O) groups is 2. The number of sulfonamides is 1. The highest BCUT2D eigenvalue weighted by Gasteiger charge is 2.25. The van der Waals surface area contributed by atoms with Crippen LogP contribution in [-0.2, 0) is 21.4 Å². The number of nitrogens with two attached hydrogens (primary N) is 1. The molecule has 0 aliphatic carbocycles. The van der Waals surface area contributed by atoms with E-state index in [0.29, 0.717) is 17.7 Å². The Morgan fingerprint density at radius 2 is 1.89 bits per heavy atom. The zero-order valence-corrected chi connectivity index (χ0v) is 16.5. The van der Waals surface area contributed by atoms with Gasteiger partial charge in [0.15, 0.2) is 0 Å². The number of fused-ring (bicyclic) bond motifs is 1. The van der Waals surface area contributed by atoms with Crippen molar-refractivity contribution in [1.29, 1.82) is 0 Å². The molecule has 28 heavy (non-hydrogen) atoms. The van der Waals surface area contributed by atoms with E-state index in [1.807, 2.05) is 10.8 Å². The van der Waals surface area contributed by atoms with E-state index < -0.39 is 28.1 Å². The minimum atomic E-state index is -4.15. The molecule has 2 atom stereocenters. The molecule has 5 N–H and O–H groups in total. The number of nitrogens with one attached hydrogen (secondary N) is 2. The van der Waals surface area contributed by atoms with Gasteiger partial charge in [-0.05, 0) is 47.9 Å². The molecule has 0 unspecified atom stereocenters. The fourth-order valence-corrected chi connectivity index (χ4v) is 3.79. The van der Waals surface area contributed by atoms with Crippen LogP contribution >= 0.6 is 12.4 Å². The Labute approximate surface area is 168 Å². The molecule has 10 heteroatoms. The summed E-state index contributed by atoms with van der Waals surface area (Å²) in [6.45, 7) is 1.72. The Bertz CT molecular complexity index is 1020. The third kappa shape index (κ3) is 4.33. The highest BCUT2D eigenvalue weighted by atomic mass is 35.5. The van der Waals surface area contributed by atoms with E-state index in [9.17, 15) is 23.1 Å². The number of benzene rings is 2. The number of aliphatic hydroxyl groups is 1. The molecule has 2 aromatic rings. The van der Waals surface area contributed by atoms with E-state index >= 15 is 0 Å². The second-order valence-corrected chi connectivity index (χ2v) is 8.00. The second-order valence-electron chi connectivity index (χ2n) is 6.32. The van der Waals surface area contributed by atoms with Crippen LogP contribution in [0.2, 0.25) is 0 Å². The number of hydrogen-bond acceptors (Lipinski definition) is 6. The van der Waals surface area contributed by atoms with E-state index in [0.717, 1.165) is 11.1 Å². The largest absolute Gasteiger partial charge is 0.391 e. The van der Waals surface area contributed by atoms with Crippen molar-refractivity contribution in [1.82, 2.24) is 10.0 Å². The molecule has 1 heterocycles. The second kappa shape index (κ2) is 8.27. The summed E-state index contributed by atoms with van der Waals surface area (Å²) in [6.07, 6.45) is -1.19. The first kappa shape index (κ1) is 21.8. The summed E-state index contributed by atoms with van der Waals surface area (Å²) >= 11 is 0. The van der Waals surface area contributed by atoms with Crippen LogP contribution < -0.4 is 15.8 Å². The summed E-state index contributed by atoms with van der Waals surface area (Å²) in [5.74, 6) is -1.12. The summed E-state index contributed by atoms with van der Waals surface area (Å²) < 4.78 is 26.8. The van der Waals surface area contributed by atoms with Crippen molar-refractivity contribution >= 4 is 34.2 Å². The Morgan fingerprint density at radius 3 is 2.57 bits per heavy atom. The average Bonchev–Trinajstić information content (AvgIpc) is 3.01. The quantitative estimate of drug-likeness (QED) is 0.551. The third-order valence-electron chi connectivity index (χ3n) is 4.32. The molecule has 2 aromatic carbocycles. The summed E-state index contributed by atoms with van der Waals surface area (Å²) in [6, 6.07) is 9.95. The Balaban J connectivity index is 0.00000280. The van der Waals surface area contributed by atoms with Gasteiger partial charge in [-0.25, -0.2) is 13.1 Å². The molecular formula is C18H20ClN3O5S. The number of halogens is 1. The predicted octanol–water partition coefficient (Wildman–Crippen LogP) is 0.532. The molecule has 2 amide bonds. The highest BCUT2D eigenvalue weighted by Crippen LogP contribution is 2.26. The highest BCUT2D eigenvalue weighted by molar-refractivity contribution is 7.90. The number of carbonyl (C=O) groups excluding carboxylic acids is 2. The lowest BCUT2D eigenvalue weighted by Gasteiger charge is -2.15. The van der Waals surface area contributed by atoms with Crippen molar-refractivity contribution in [2.24, 2.45) is 5.73 Å². The summed E-state index contributed by atoms with van der Waals surface area (Å²) in [4.78, 5) is 23.4. The molecule has 0 saturated heterocycles. The van der Waals surface area contributed by atoms with Crippen LogP contribution in [0.5, 0.6) is 0 Å². The van der Waals surface area contributed by atoms with Gasteiger partial charge in [-0.3, -0.25) is 9.59 Å². The van der Waals surface area contributed by atoms with Crippen molar-refractivity contribution < 1.29 is 23.1 Å². The maximum atomic E-state index is 12.5. The maximum absolute atomic E-state index is 12.5. The van der Waals surface area contributed by atoms with Gasteiger partial charge in [0.25, 0.3) is 21.8 Å². The van der Waals surface area contributed by atoms with E-state index in [1.54, 1.807) is 24.3 Å². The zero-order valence-electron chi connectivity index (χ0n) is 14.9. The normalized spacial score (nSPS) is 15.0. The smallest absolute Gasteiger partial charge is 0.264 e. The Morgan fingerprint density at radius 1 is 1.21 bits per heavy atom. The first-order chi connectivity index (χ1) is 12.7. The van der Waals surface area contributed by atoms with E-state index in [-0.39, 0.29) is 23.2 Å². The molecule has 1 aliphatic rings. The van der Waals surface area contributed by atoms with Gasteiger partial charge in [-0.1, -0.05) is 18.2 Å². The van der Waals surface area contributed by atoms with Crippen LogP contribution in [0.25, 0.3) is 11.1 Å². The third-order valence-corrected chi connectivity index (χ3v) is 5.67. The van der Waals surface area contributed by atoms with E-state index in [2.05, 4.69) is 5.32 Å². The lowest BCUT2D eigenvalue weighted by atomic mass is 10.0. The van der Waals surface area contributed by atoms with Crippen LogP contribution in [0.1, 0.15) is 22.8 Å². The van der Waals surface area contributed by atoms with E-state index in [4.69, 9.17) is 5.73 Å². The monoisotopic (exact) mass is 425 g/mol. The van der Waals surface area contributed by atoms with Gasteiger partial charge in [-0.2, -0.15) is 0 Å². The van der Waals surface area contributed by atoms with Crippen LogP contribution in [0.3, 0.4) is 0 Å². The molecule has 0 fully saturated rings. The van der Waals surface area contributed by atoms with Gasteiger partial charge < -0.3 is 16.2 Å². The summed E-state index contributed by atoms with van der Waals surface area (Å²) in [5, 5.41) is 12.1. The van der Waals surface area contributed by atoms with Gasteiger partial charge in [0.2, 0.25) is 0 Å². The van der Waals surface area contributed by atoms with Gasteiger partial charge in [-0.15, -0.1) is 12.4 Å². The molecule has 3 rings (SSSR count). The number of amides is 2. The Hall–Kier alpha value is -2.46. The van der Waals surface area contributed by atoms with Crippen LogP contribution in [-0.4, -0.2) is 37.5 Å². The van der Waals surface area contributed by atoms with Crippen molar-refractivity contribution in [2.45, 2.75) is 30.5 Å². The van der Waals surface area contributed by atoms with Gasteiger partial charge >= 0.3 is 0 Å². The van der Waals surface area contributed by atoms with Crippen LogP contribution in [0.15, 0.2) is 47.4 Å². The lowest BCUT2D eigenvalue weighted by Crippen LogP contribution is -2.48. The van der Waals surface area contributed by atoms with Gasteiger partial charge in [0.05, 0.1) is 11.0 Å². The number of hydrogen-bond donors (Lipinski definition) is 4. The predicted molar refractivity (Wildman–Crippen MR) is 105 cm³/mol. The number of aliphatic hydroxyl groups excluding tert-OH is 1. The minimum absolute atomic E-state index is 0.